The molecule has 0 aliphatic carbocycles. The summed E-state index contributed by atoms with van der Waals surface area (Å²) in [6, 6.07) is 18.2. The number of amides is 1. The van der Waals surface area contributed by atoms with E-state index in [0.29, 0.717) is 37.8 Å². The number of nitrogens with two attached hydrogens (primary N) is 1. The van der Waals surface area contributed by atoms with E-state index in [1.54, 1.807) is 36.4 Å². The maximum atomic E-state index is 13.2. The molecule has 0 unspecified atom stereocenters. The summed E-state index contributed by atoms with van der Waals surface area (Å²) in [6.45, 7) is 0.179. The van der Waals surface area contributed by atoms with Gasteiger partial charge in [0, 0.05) is 6.54 Å². The van der Waals surface area contributed by atoms with Crippen molar-refractivity contribution >= 4 is 63.3 Å². The third-order valence-electron chi connectivity index (χ3n) is 5.33. The summed E-state index contributed by atoms with van der Waals surface area (Å²) in [6.07, 6.45) is 1.54. The Morgan fingerprint density at radius 1 is 1.03 bits per heavy atom. The molecule has 2 heterocycles. The minimum atomic E-state index is -0.454. The first-order valence-corrected chi connectivity index (χ1v) is 11.2. The molecule has 5 rings (SSSR count). The highest BCUT2D eigenvalue weighted by atomic mass is 35.5. The van der Waals surface area contributed by atoms with Gasteiger partial charge in [-0.2, -0.15) is 9.78 Å². The van der Waals surface area contributed by atoms with E-state index in [2.05, 4.69) is 20.4 Å². The standard InChI is InChI=1S/C25H17Cl2FN6O/c26-17-10-7-15(11-18(17)27)13-31-34-23(29)21(25(35)30-12-14-5-8-16(28)9-6-14)22-24(34)33-20-4-2-1-3-19(20)32-22/h1-11,13H,12,29H2,(H,30,35)/b31-13-. The fourth-order valence-electron chi connectivity index (χ4n) is 3.58. The van der Waals surface area contributed by atoms with Gasteiger partial charge in [-0.25, -0.2) is 14.4 Å². The molecule has 0 saturated carbocycles. The monoisotopic (exact) mass is 506 g/mol. The number of anilines is 1. The Morgan fingerprint density at radius 3 is 2.46 bits per heavy atom. The van der Waals surface area contributed by atoms with E-state index in [-0.39, 0.29) is 23.7 Å². The molecular weight excluding hydrogens is 490 g/mol. The van der Waals surface area contributed by atoms with Crippen LogP contribution in [0.3, 0.4) is 0 Å². The van der Waals surface area contributed by atoms with Gasteiger partial charge in [0.1, 0.15) is 22.7 Å². The number of fused-ring (bicyclic) bond motifs is 2. The van der Waals surface area contributed by atoms with Crippen LogP contribution in [-0.4, -0.2) is 26.8 Å². The summed E-state index contributed by atoms with van der Waals surface area (Å²) in [5, 5.41) is 8.07. The number of hydrogen-bond donors (Lipinski definition) is 2. The number of nitrogens with zero attached hydrogens (tertiary/aromatic N) is 4. The number of rotatable bonds is 5. The first-order chi connectivity index (χ1) is 16.9. The Kier molecular flexibility index (Phi) is 6.07. The van der Waals surface area contributed by atoms with Crippen LogP contribution < -0.4 is 11.1 Å². The molecule has 3 N–H and O–H groups in total. The third-order valence-corrected chi connectivity index (χ3v) is 6.07. The summed E-state index contributed by atoms with van der Waals surface area (Å²) in [4.78, 5) is 22.5. The Bertz CT molecular complexity index is 1610. The average Bonchev–Trinajstić information content (AvgIpc) is 3.12. The lowest BCUT2D eigenvalue weighted by atomic mass is 10.2. The van der Waals surface area contributed by atoms with Crippen molar-refractivity contribution < 1.29 is 9.18 Å². The zero-order valence-electron chi connectivity index (χ0n) is 18.0. The summed E-state index contributed by atoms with van der Waals surface area (Å²) in [5.74, 6) is -0.734. The van der Waals surface area contributed by atoms with Gasteiger partial charge >= 0.3 is 0 Å². The number of carbonyl (C=O) groups is 1. The van der Waals surface area contributed by atoms with Gasteiger partial charge < -0.3 is 11.1 Å². The number of nitrogen functional groups attached to an aromatic ring is 1. The topological polar surface area (TPSA) is 98.2 Å². The van der Waals surface area contributed by atoms with Gasteiger partial charge in [-0.05, 0) is 47.5 Å². The van der Waals surface area contributed by atoms with Crippen molar-refractivity contribution in [2.45, 2.75) is 6.54 Å². The smallest absolute Gasteiger partial charge is 0.257 e. The molecule has 3 aromatic carbocycles. The van der Waals surface area contributed by atoms with E-state index < -0.39 is 5.91 Å². The quantitative estimate of drug-likeness (QED) is 0.310. The molecule has 0 fully saturated rings. The van der Waals surface area contributed by atoms with Crippen LogP contribution in [0.15, 0.2) is 71.8 Å². The fraction of sp³-hybridized carbons (Fsp3) is 0.0400. The molecule has 0 aliphatic rings. The van der Waals surface area contributed by atoms with E-state index >= 15 is 0 Å². The largest absolute Gasteiger partial charge is 0.383 e. The van der Waals surface area contributed by atoms with Gasteiger partial charge in [0.05, 0.1) is 27.3 Å². The number of carbonyl (C=O) groups excluding carboxylic acids is 1. The first-order valence-electron chi connectivity index (χ1n) is 10.5. The van der Waals surface area contributed by atoms with Gasteiger partial charge in [-0.1, -0.05) is 53.5 Å². The Labute approximate surface area is 209 Å². The lowest BCUT2D eigenvalue weighted by molar-refractivity contribution is 0.0953. The van der Waals surface area contributed by atoms with Crippen LogP contribution in [0.25, 0.3) is 22.2 Å². The van der Waals surface area contributed by atoms with Crippen molar-refractivity contribution in [3.05, 3.63) is 99.3 Å². The molecule has 35 heavy (non-hydrogen) atoms. The average molecular weight is 507 g/mol. The molecule has 0 radical (unpaired) electrons. The maximum absolute atomic E-state index is 13.2. The second kappa shape index (κ2) is 9.32. The van der Waals surface area contributed by atoms with Crippen LogP contribution >= 0.6 is 23.2 Å². The van der Waals surface area contributed by atoms with Crippen LogP contribution in [0, 0.1) is 5.82 Å². The van der Waals surface area contributed by atoms with Crippen LogP contribution in [0.2, 0.25) is 10.0 Å². The van der Waals surface area contributed by atoms with Crippen molar-refractivity contribution in [2.24, 2.45) is 5.10 Å². The lowest BCUT2D eigenvalue weighted by Gasteiger charge is -2.06. The van der Waals surface area contributed by atoms with Crippen molar-refractivity contribution in [1.82, 2.24) is 20.0 Å². The van der Waals surface area contributed by atoms with Crippen LogP contribution in [0.5, 0.6) is 0 Å². The Hall–Kier alpha value is -4.01. The summed E-state index contributed by atoms with van der Waals surface area (Å²) >= 11 is 12.1. The predicted octanol–water partition coefficient (Wildman–Crippen LogP) is 5.42. The Morgan fingerprint density at radius 2 is 1.74 bits per heavy atom. The number of aromatic nitrogens is 3. The molecular formula is C25H17Cl2FN6O. The van der Waals surface area contributed by atoms with Crippen LogP contribution in [0.1, 0.15) is 21.5 Å². The van der Waals surface area contributed by atoms with Gasteiger partial charge in [-0.3, -0.25) is 4.79 Å². The number of halogens is 3. The zero-order valence-corrected chi connectivity index (χ0v) is 19.6. The van der Waals surface area contributed by atoms with Crippen LogP contribution in [-0.2, 0) is 6.54 Å². The first kappa shape index (κ1) is 22.8. The molecule has 0 bridgehead atoms. The highest BCUT2D eigenvalue weighted by Crippen LogP contribution is 2.28. The van der Waals surface area contributed by atoms with E-state index in [9.17, 15) is 9.18 Å². The molecule has 5 aromatic rings. The number of benzene rings is 3. The predicted molar refractivity (Wildman–Crippen MR) is 136 cm³/mol. The summed E-state index contributed by atoms with van der Waals surface area (Å²) in [7, 11) is 0. The molecule has 174 valence electrons. The van der Waals surface area contributed by atoms with Crippen LogP contribution in [0.4, 0.5) is 10.2 Å². The minimum absolute atomic E-state index is 0.0724. The van der Waals surface area contributed by atoms with Crippen molar-refractivity contribution in [3.63, 3.8) is 0 Å². The van der Waals surface area contributed by atoms with Gasteiger partial charge in [0.25, 0.3) is 5.91 Å². The molecule has 10 heteroatoms. The second-order valence-corrected chi connectivity index (χ2v) is 8.50. The molecule has 1 amide bonds. The highest BCUT2D eigenvalue weighted by molar-refractivity contribution is 6.42. The van der Waals surface area contributed by atoms with E-state index in [1.807, 2.05) is 18.2 Å². The minimum Gasteiger partial charge on any atom is -0.383 e. The maximum Gasteiger partial charge on any atom is 0.257 e. The molecule has 2 aromatic heterocycles. The lowest BCUT2D eigenvalue weighted by Crippen LogP contribution is -2.23. The van der Waals surface area contributed by atoms with E-state index in [0.717, 1.165) is 5.56 Å². The molecule has 0 spiro atoms. The van der Waals surface area contributed by atoms with Gasteiger partial charge in [0.15, 0.2) is 5.65 Å². The molecule has 0 atom stereocenters. The van der Waals surface area contributed by atoms with Crippen molar-refractivity contribution in [2.75, 3.05) is 5.73 Å². The van der Waals surface area contributed by atoms with Crippen molar-refractivity contribution in [3.8, 4) is 0 Å². The van der Waals surface area contributed by atoms with Gasteiger partial charge in [0.2, 0.25) is 0 Å². The fourth-order valence-corrected chi connectivity index (χ4v) is 3.88. The molecule has 0 aliphatic heterocycles. The Balaban J connectivity index is 1.58. The zero-order chi connectivity index (χ0) is 24.5. The summed E-state index contributed by atoms with van der Waals surface area (Å²) < 4.78 is 14.6. The number of nitrogens with one attached hydrogen (secondary N) is 1. The number of para-hydroxylation sites is 2. The second-order valence-electron chi connectivity index (χ2n) is 7.68. The van der Waals surface area contributed by atoms with Gasteiger partial charge in [-0.15, -0.1) is 0 Å². The number of hydrogen-bond acceptors (Lipinski definition) is 5. The van der Waals surface area contributed by atoms with E-state index in [1.165, 1.54) is 23.0 Å². The normalized spacial score (nSPS) is 11.5. The van der Waals surface area contributed by atoms with E-state index in [4.69, 9.17) is 28.9 Å². The SMILES string of the molecule is Nc1c(C(=O)NCc2ccc(F)cc2)c2nc3ccccc3nc2n1/N=C\c1ccc(Cl)c(Cl)c1. The third kappa shape index (κ3) is 4.53. The molecule has 7 nitrogen and oxygen atoms in total. The van der Waals surface area contributed by atoms with Crippen molar-refractivity contribution in [1.29, 1.82) is 0 Å². The summed E-state index contributed by atoms with van der Waals surface area (Å²) in [5.41, 5.74) is 9.82. The highest BCUT2D eigenvalue weighted by Gasteiger charge is 2.24. The molecule has 0 saturated heterocycles.